The summed E-state index contributed by atoms with van der Waals surface area (Å²) in [4.78, 5) is 12.9. The monoisotopic (exact) mass is 472 g/mol. The summed E-state index contributed by atoms with van der Waals surface area (Å²) in [7, 11) is 0. The van der Waals surface area contributed by atoms with Crippen molar-refractivity contribution >= 4 is 5.78 Å². The molecule has 0 aromatic rings. The van der Waals surface area contributed by atoms with E-state index in [4.69, 9.17) is 0 Å². The number of aliphatic hydroxyl groups is 2. The Morgan fingerprint density at radius 1 is 0.912 bits per heavy atom. The first-order valence-electron chi connectivity index (χ1n) is 14.6. The summed E-state index contributed by atoms with van der Waals surface area (Å²) in [6.45, 7) is 15.9. The number of carbonyl (C=O) groups excluding carboxylic acids is 1. The molecule has 0 saturated heterocycles. The van der Waals surface area contributed by atoms with Crippen molar-refractivity contribution in [2.75, 3.05) is 0 Å². The van der Waals surface area contributed by atoms with E-state index in [1.807, 2.05) is 0 Å². The quantitative estimate of drug-likeness (QED) is 0.440. The van der Waals surface area contributed by atoms with Crippen molar-refractivity contribution in [3.63, 3.8) is 0 Å². The average Bonchev–Trinajstić information content (AvgIpc) is 3.31. The summed E-state index contributed by atoms with van der Waals surface area (Å²) in [6.07, 6.45) is 13.3. The van der Waals surface area contributed by atoms with Gasteiger partial charge in [0.1, 0.15) is 5.78 Å². The number of rotatable bonds is 6. The van der Waals surface area contributed by atoms with Gasteiger partial charge >= 0.3 is 0 Å². The molecular weight excluding hydrogens is 420 g/mol. The summed E-state index contributed by atoms with van der Waals surface area (Å²) < 4.78 is 0. The number of carbonyl (C=O) groups is 1. The molecule has 5 aliphatic carbocycles. The third-order valence-corrected chi connectivity index (χ3v) is 13.3. The van der Waals surface area contributed by atoms with Crippen molar-refractivity contribution in [1.82, 2.24) is 0 Å². The maximum absolute atomic E-state index is 12.9. The topological polar surface area (TPSA) is 57.5 Å². The zero-order chi connectivity index (χ0) is 24.9. The van der Waals surface area contributed by atoms with Crippen molar-refractivity contribution in [3.05, 3.63) is 0 Å². The van der Waals surface area contributed by atoms with Gasteiger partial charge in [0.25, 0.3) is 0 Å². The van der Waals surface area contributed by atoms with Crippen LogP contribution in [0.25, 0.3) is 0 Å². The van der Waals surface area contributed by atoms with Crippen LogP contribution >= 0.6 is 0 Å². The summed E-state index contributed by atoms with van der Waals surface area (Å²) in [5.41, 5.74) is 0.864. The van der Waals surface area contributed by atoms with Gasteiger partial charge in [-0.25, -0.2) is 0 Å². The Morgan fingerprint density at radius 2 is 1.56 bits per heavy atom. The molecule has 0 aromatic carbocycles. The molecule has 5 rings (SSSR count). The maximum Gasteiger partial charge on any atom is 0.138 e. The molecule has 0 radical (unpaired) electrons. The van der Waals surface area contributed by atoms with Gasteiger partial charge in [0.05, 0.1) is 11.7 Å². The molecular formula is C31H52O3. The zero-order valence-electron chi connectivity index (χ0n) is 23.2. The van der Waals surface area contributed by atoms with E-state index >= 15 is 0 Å². The molecule has 3 nitrogen and oxygen atoms in total. The van der Waals surface area contributed by atoms with Gasteiger partial charge in [-0.05, 0) is 123 Å². The Morgan fingerprint density at radius 3 is 2.24 bits per heavy atom. The second-order valence-corrected chi connectivity index (χ2v) is 15.5. The van der Waals surface area contributed by atoms with Gasteiger partial charge in [-0.15, -0.1) is 0 Å². The molecule has 5 saturated carbocycles. The molecule has 3 heteroatoms. The van der Waals surface area contributed by atoms with Gasteiger partial charge in [-0.1, -0.05) is 34.6 Å². The van der Waals surface area contributed by atoms with Gasteiger partial charge in [0, 0.05) is 18.3 Å². The molecule has 34 heavy (non-hydrogen) atoms. The number of Topliss-reactive ketones (excluding diaryl/α,β-unsaturated/α-hetero) is 1. The van der Waals surface area contributed by atoms with Crippen LogP contribution < -0.4 is 0 Å². The van der Waals surface area contributed by atoms with Crippen LogP contribution in [0.1, 0.15) is 126 Å². The molecule has 2 N–H and O–H groups in total. The summed E-state index contributed by atoms with van der Waals surface area (Å²) in [5, 5.41) is 20.6. The van der Waals surface area contributed by atoms with E-state index in [2.05, 4.69) is 34.6 Å². The van der Waals surface area contributed by atoms with E-state index in [0.717, 1.165) is 31.1 Å². The first-order valence-corrected chi connectivity index (χ1v) is 14.6. The van der Waals surface area contributed by atoms with E-state index < -0.39 is 11.7 Å². The van der Waals surface area contributed by atoms with Gasteiger partial charge in [-0.2, -0.15) is 0 Å². The van der Waals surface area contributed by atoms with Crippen LogP contribution in [0.15, 0.2) is 0 Å². The molecule has 0 amide bonds. The molecule has 0 bridgehead atoms. The second kappa shape index (κ2) is 7.56. The molecule has 0 heterocycles. The molecule has 194 valence electrons. The largest absolute Gasteiger partial charge is 0.393 e. The number of hydrogen-bond acceptors (Lipinski definition) is 3. The Hall–Kier alpha value is -0.410. The molecule has 5 aliphatic rings. The van der Waals surface area contributed by atoms with Crippen molar-refractivity contribution in [1.29, 1.82) is 0 Å². The smallest absolute Gasteiger partial charge is 0.138 e. The fraction of sp³-hybridized carbons (Fsp3) is 0.968. The Kier molecular flexibility index (Phi) is 5.61. The van der Waals surface area contributed by atoms with Crippen LogP contribution in [0.2, 0.25) is 0 Å². The van der Waals surface area contributed by atoms with E-state index in [9.17, 15) is 15.0 Å². The third-order valence-electron chi connectivity index (χ3n) is 13.3. The average molecular weight is 473 g/mol. The third kappa shape index (κ3) is 3.24. The van der Waals surface area contributed by atoms with Gasteiger partial charge in [-0.3, -0.25) is 4.79 Å². The molecule has 0 aliphatic heterocycles. The summed E-state index contributed by atoms with van der Waals surface area (Å²) in [6, 6.07) is 0. The maximum atomic E-state index is 12.9. The zero-order valence-corrected chi connectivity index (χ0v) is 23.2. The predicted molar refractivity (Wildman–Crippen MR) is 137 cm³/mol. The highest BCUT2D eigenvalue weighted by molar-refractivity contribution is 5.86. The molecule has 5 fully saturated rings. The lowest BCUT2D eigenvalue weighted by molar-refractivity contribution is -0.157. The van der Waals surface area contributed by atoms with Gasteiger partial charge < -0.3 is 10.2 Å². The van der Waals surface area contributed by atoms with Crippen LogP contribution in [0.5, 0.6) is 0 Å². The minimum Gasteiger partial charge on any atom is -0.393 e. The van der Waals surface area contributed by atoms with Crippen LogP contribution in [0, 0.1) is 50.7 Å². The lowest BCUT2D eigenvalue weighted by atomic mass is 9.42. The Bertz CT molecular complexity index is 840. The van der Waals surface area contributed by atoms with E-state index in [1.54, 1.807) is 13.8 Å². The van der Waals surface area contributed by atoms with E-state index in [0.29, 0.717) is 45.7 Å². The first kappa shape index (κ1) is 25.2. The van der Waals surface area contributed by atoms with Crippen LogP contribution in [0.3, 0.4) is 0 Å². The fourth-order valence-corrected chi connectivity index (χ4v) is 11.5. The molecule has 0 aromatic heterocycles. The van der Waals surface area contributed by atoms with E-state index in [-0.39, 0.29) is 5.41 Å². The summed E-state index contributed by atoms with van der Waals surface area (Å²) >= 11 is 0. The number of ketones is 1. The molecule has 9 atom stereocenters. The van der Waals surface area contributed by atoms with Gasteiger partial charge in [0.2, 0.25) is 0 Å². The van der Waals surface area contributed by atoms with Crippen molar-refractivity contribution in [2.24, 2.45) is 50.7 Å². The lowest BCUT2D eigenvalue weighted by Crippen LogP contribution is -2.57. The standard InChI is InChI=1S/C31H52O3/c1-20(8-9-21(32)18-26(2,3)34)22-12-14-29(7)24-11-10-23-27(4,5)25(33)13-15-30(23)19-31(24,30)17-16-28(22,29)6/h20-24,32,34H,8-19H2,1-7H3/t20?,21-,22-,23+,24+,28-,29+,30-,31?/m1/s1. The van der Waals surface area contributed by atoms with E-state index in [1.165, 1.54) is 51.4 Å². The minimum atomic E-state index is -0.796. The fourth-order valence-electron chi connectivity index (χ4n) is 11.5. The van der Waals surface area contributed by atoms with Crippen LogP contribution in [-0.2, 0) is 4.79 Å². The minimum absolute atomic E-state index is 0.120. The molecule has 2 unspecified atom stereocenters. The number of hydrogen-bond donors (Lipinski definition) is 2. The van der Waals surface area contributed by atoms with Gasteiger partial charge in [0.15, 0.2) is 0 Å². The summed E-state index contributed by atoms with van der Waals surface area (Å²) in [5.74, 6) is 3.32. The predicted octanol–water partition coefficient (Wildman–Crippen LogP) is 6.93. The normalized spacial score (nSPS) is 48.9. The number of fused-ring (bicyclic) bond motifs is 2. The highest BCUT2D eigenvalue weighted by Gasteiger charge is 2.82. The first-order chi connectivity index (χ1) is 15.6. The van der Waals surface area contributed by atoms with Crippen LogP contribution in [-0.4, -0.2) is 27.7 Å². The van der Waals surface area contributed by atoms with Crippen LogP contribution in [0.4, 0.5) is 0 Å². The van der Waals surface area contributed by atoms with Crippen molar-refractivity contribution in [3.8, 4) is 0 Å². The van der Waals surface area contributed by atoms with Crippen molar-refractivity contribution in [2.45, 2.75) is 137 Å². The Labute approximate surface area is 208 Å². The molecule has 2 spiro atoms. The number of aliphatic hydroxyl groups excluding tert-OH is 1. The second-order valence-electron chi connectivity index (χ2n) is 15.5. The highest BCUT2D eigenvalue weighted by atomic mass is 16.3. The highest BCUT2D eigenvalue weighted by Crippen LogP contribution is 2.88. The SMILES string of the molecule is CC(CC[C@@H](O)CC(C)(C)O)[C@H]1CC[C@@]2(C)[C@@H]3CC[C@H]4C(C)(C)C(=O)CC[C@@]45CC35CC[C@]12C. The van der Waals surface area contributed by atoms with Crippen molar-refractivity contribution < 1.29 is 15.0 Å². The Balaban J connectivity index is 1.33. The lowest BCUT2D eigenvalue weighted by Gasteiger charge is -2.62.